The van der Waals surface area contributed by atoms with E-state index in [9.17, 15) is 0 Å². The predicted octanol–water partition coefficient (Wildman–Crippen LogP) is 3.14. The van der Waals surface area contributed by atoms with Gasteiger partial charge in [-0.15, -0.1) is 0 Å². The first-order valence-electron chi connectivity index (χ1n) is 6.18. The van der Waals surface area contributed by atoms with E-state index in [-0.39, 0.29) is 0 Å². The van der Waals surface area contributed by atoms with Crippen LogP contribution in [-0.4, -0.2) is 12.6 Å². The van der Waals surface area contributed by atoms with E-state index >= 15 is 0 Å². The highest BCUT2D eigenvalue weighted by molar-refractivity contribution is 5.33. The van der Waals surface area contributed by atoms with E-state index in [1.54, 1.807) is 6.08 Å². The van der Waals surface area contributed by atoms with E-state index in [1.165, 1.54) is 12.0 Å². The van der Waals surface area contributed by atoms with Crippen molar-refractivity contribution in [1.82, 2.24) is 5.32 Å². The van der Waals surface area contributed by atoms with Crippen LogP contribution in [0.15, 0.2) is 36.9 Å². The van der Waals surface area contributed by atoms with Gasteiger partial charge >= 0.3 is 0 Å². The molecule has 1 atom stereocenters. The molecule has 0 spiro atoms. The van der Waals surface area contributed by atoms with Crippen molar-refractivity contribution in [3.05, 3.63) is 42.5 Å². The van der Waals surface area contributed by atoms with Crippen LogP contribution >= 0.6 is 0 Å². The second-order valence-electron chi connectivity index (χ2n) is 5.33. The van der Waals surface area contributed by atoms with Crippen LogP contribution in [0.1, 0.15) is 25.8 Å². The molecule has 0 bridgehead atoms. The molecule has 0 aromatic heterocycles. The normalized spacial score (nSPS) is 20.9. The quantitative estimate of drug-likeness (QED) is 0.759. The maximum atomic E-state index is 5.63. The summed E-state index contributed by atoms with van der Waals surface area (Å²) >= 11 is 0. The molecule has 1 fully saturated rings. The molecule has 0 aliphatic heterocycles. The number of hydrogen-bond acceptors (Lipinski definition) is 2. The highest BCUT2D eigenvalue weighted by Crippen LogP contribution is 2.44. The minimum atomic E-state index is 0.469. The number of rotatable bonds is 6. The molecule has 1 saturated carbocycles. The van der Waals surface area contributed by atoms with Crippen LogP contribution in [0.4, 0.5) is 0 Å². The maximum Gasteiger partial charge on any atom is 0.124 e. The van der Waals surface area contributed by atoms with Gasteiger partial charge in [-0.3, -0.25) is 0 Å². The fraction of sp³-hybridized carbons (Fsp3) is 0.467. The van der Waals surface area contributed by atoms with Gasteiger partial charge in [0.25, 0.3) is 0 Å². The number of ether oxygens (including phenoxy) is 1. The smallest absolute Gasteiger partial charge is 0.124 e. The first-order valence-corrected chi connectivity index (χ1v) is 6.18. The van der Waals surface area contributed by atoms with E-state index in [1.807, 2.05) is 12.1 Å². The van der Waals surface area contributed by atoms with Crippen LogP contribution < -0.4 is 10.1 Å². The first kappa shape index (κ1) is 12.2. The Labute approximate surface area is 104 Å². The zero-order valence-electron chi connectivity index (χ0n) is 10.7. The molecule has 0 heterocycles. The average Bonchev–Trinajstić information content (AvgIpc) is 2.93. The van der Waals surface area contributed by atoms with Crippen molar-refractivity contribution in [2.45, 2.75) is 32.9 Å². The summed E-state index contributed by atoms with van der Waals surface area (Å²) in [6.45, 7) is 9.70. The van der Waals surface area contributed by atoms with Crippen LogP contribution in [-0.2, 0) is 6.54 Å². The Kier molecular flexibility index (Phi) is 3.53. The van der Waals surface area contributed by atoms with E-state index in [0.29, 0.717) is 18.1 Å². The van der Waals surface area contributed by atoms with Gasteiger partial charge in [-0.1, -0.05) is 44.7 Å². The topological polar surface area (TPSA) is 21.3 Å². The van der Waals surface area contributed by atoms with Gasteiger partial charge in [0.1, 0.15) is 12.4 Å². The lowest BCUT2D eigenvalue weighted by atomic mass is 10.1. The largest absolute Gasteiger partial charge is 0.489 e. The minimum Gasteiger partial charge on any atom is -0.489 e. The van der Waals surface area contributed by atoms with E-state index in [4.69, 9.17) is 4.74 Å². The van der Waals surface area contributed by atoms with Gasteiger partial charge in [0.2, 0.25) is 0 Å². The van der Waals surface area contributed by atoms with Crippen molar-refractivity contribution in [3.8, 4) is 5.75 Å². The Morgan fingerprint density at radius 2 is 2.18 bits per heavy atom. The molecule has 1 aliphatic rings. The lowest BCUT2D eigenvalue weighted by molar-refractivity contribution is 0.357. The highest BCUT2D eigenvalue weighted by atomic mass is 16.5. The molecule has 0 radical (unpaired) electrons. The third-order valence-electron chi connectivity index (χ3n) is 3.38. The van der Waals surface area contributed by atoms with Crippen molar-refractivity contribution in [3.63, 3.8) is 0 Å². The third-order valence-corrected chi connectivity index (χ3v) is 3.38. The van der Waals surface area contributed by atoms with Gasteiger partial charge < -0.3 is 10.1 Å². The zero-order chi connectivity index (χ0) is 12.3. The highest BCUT2D eigenvalue weighted by Gasteiger charge is 2.45. The second kappa shape index (κ2) is 4.92. The molecule has 1 aromatic rings. The second-order valence-corrected chi connectivity index (χ2v) is 5.33. The molecule has 17 heavy (non-hydrogen) atoms. The van der Waals surface area contributed by atoms with Crippen molar-refractivity contribution in [1.29, 1.82) is 0 Å². The standard InChI is InChI=1S/C15H21NO/c1-4-9-17-13-8-6-5-7-12(13)11-16-14-10-15(14,2)3/h4-8,14,16H,1,9-11H2,2-3H3. The molecule has 2 rings (SSSR count). The number of benzene rings is 1. The predicted molar refractivity (Wildman–Crippen MR) is 71.2 cm³/mol. The maximum absolute atomic E-state index is 5.63. The van der Waals surface area contributed by atoms with Crippen molar-refractivity contribution in [2.75, 3.05) is 6.61 Å². The molecule has 1 aromatic carbocycles. The molecule has 1 aliphatic carbocycles. The number of nitrogens with one attached hydrogen (secondary N) is 1. The third kappa shape index (κ3) is 3.10. The van der Waals surface area contributed by atoms with Gasteiger partial charge in [0.15, 0.2) is 0 Å². The minimum absolute atomic E-state index is 0.469. The van der Waals surface area contributed by atoms with E-state index in [0.717, 1.165) is 12.3 Å². The van der Waals surface area contributed by atoms with E-state index < -0.39 is 0 Å². The van der Waals surface area contributed by atoms with Gasteiger partial charge in [0, 0.05) is 18.2 Å². The SMILES string of the molecule is C=CCOc1ccccc1CNC1CC1(C)C. The summed E-state index contributed by atoms with van der Waals surface area (Å²) in [6.07, 6.45) is 3.04. The Morgan fingerprint density at radius 3 is 2.82 bits per heavy atom. The molecular formula is C15H21NO. The molecule has 1 unspecified atom stereocenters. The summed E-state index contributed by atoms with van der Waals surface area (Å²) in [4.78, 5) is 0. The summed E-state index contributed by atoms with van der Waals surface area (Å²) in [5.41, 5.74) is 1.69. The zero-order valence-corrected chi connectivity index (χ0v) is 10.7. The fourth-order valence-electron chi connectivity index (χ4n) is 1.99. The van der Waals surface area contributed by atoms with Crippen LogP contribution in [0.5, 0.6) is 5.75 Å². The summed E-state index contributed by atoms with van der Waals surface area (Å²) in [6, 6.07) is 8.83. The monoisotopic (exact) mass is 231 g/mol. The average molecular weight is 231 g/mol. The number of para-hydroxylation sites is 1. The summed E-state index contributed by atoms with van der Waals surface area (Å²) < 4.78 is 5.63. The molecule has 1 N–H and O–H groups in total. The van der Waals surface area contributed by atoms with Crippen molar-refractivity contribution < 1.29 is 4.74 Å². The van der Waals surface area contributed by atoms with Gasteiger partial charge in [-0.25, -0.2) is 0 Å². The molecule has 2 heteroatoms. The van der Waals surface area contributed by atoms with Crippen LogP contribution in [0, 0.1) is 5.41 Å². The fourth-order valence-corrected chi connectivity index (χ4v) is 1.99. The molecule has 2 nitrogen and oxygen atoms in total. The Bertz CT molecular complexity index is 398. The van der Waals surface area contributed by atoms with Crippen LogP contribution in [0.2, 0.25) is 0 Å². The molecule has 0 amide bonds. The van der Waals surface area contributed by atoms with Crippen LogP contribution in [0.3, 0.4) is 0 Å². The van der Waals surface area contributed by atoms with Crippen molar-refractivity contribution in [2.24, 2.45) is 5.41 Å². The first-order chi connectivity index (χ1) is 8.13. The van der Waals surface area contributed by atoms with E-state index in [2.05, 4.69) is 37.9 Å². The lowest BCUT2D eigenvalue weighted by Gasteiger charge is -2.11. The van der Waals surface area contributed by atoms with Gasteiger partial charge in [0.05, 0.1) is 0 Å². The number of hydrogen-bond donors (Lipinski definition) is 1. The Hall–Kier alpha value is -1.28. The Morgan fingerprint density at radius 1 is 1.47 bits per heavy atom. The molecule has 92 valence electrons. The summed E-state index contributed by atoms with van der Waals surface area (Å²) in [5, 5.41) is 3.57. The van der Waals surface area contributed by atoms with Crippen LogP contribution in [0.25, 0.3) is 0 Å². The summed E-state index contributed by atoms with van der Waals surface area (Å²) in [7, 11) is 0. The summed E-state index contributed by atoms with van der Waals surface area (Å²) in [5.74, 6) is 0.957. The van der Waals surface area contributed by atoms with Crippen molar-refractivity contribution >= 4 is 0 Å². The van der Waals surface area contributed by atoms with Gasteiger partial charge in [-0.2, -0.15) is 0 Å². The lowest BCUT2D eigenvalue weighted by Crippen LogP contribution is -2.20. The molecular weight excluding hydrogens is 210 g/mol. The van der Waals surface area contributed by atoms with Gasteiger partial charge in [-0.05, 0) is 17.9 Å². The molecule has 0 saturated heterocycles. The Balaban J connectivity index is 1.93.